The molecule has 0 atom stereocenters. The van der Waals surface area contributed by atoms with Crippen molar-refractivity contribution >= 4 is 28.6 Å². The Morgan fingerprint density at radius 2 is 1.67 bits per heavy atom. The van der Waals surface area contributed by atoms with E-state index < -0.39 is 0 Å². The topological polar surface area (TPSA) is 61.3 Å². The molecular formula is C20H25N7. The molecule has 2 aromatic heterocycles. The summed E-state index contributed by atoms with van der Waals surface area (Å²) in [5, 5.41) is 0. The molecule has 1 aliphatic heterocycles. The van der Waals surface area contributed by atoms with E-state index in [1.54, 1.807) is 0 Å². The molecular weight excluding hydrogens is 338 g/mol. The van der Waals surface area contributed by atoms with Crippen molar-refractivity contribution in [2.75, 3.05) is 48.9 Å². The van der Waals surface area contributed by atoms with Crippen molar-refractivity contribution in [1.29, 1.82) is 0 Å². The number of hydrogen-bond acceptors (Lipinski definition) is 7. The van der Waals surface area contributed by atoms with Crippen LogP contribution in [0.3, 0.4) is 0 Å². The second-order valence-corrected chi connectivity index (χ2v) is 7.16. The number of fused-ring (bicyclic) bond motifs is 1. The smallest absolute Gasteiger partial charge is 0.226 e. The van der Waals surface area contributed by atoms with Crippen molar-refractivity contribution in [3.05, 3.63) is 42.7 Å². The fourth-order valence-corrected chi connectivity index (χ4v) is 3.52. The minimum atomic E-state index is 0.458. The Bertz CT molecular complexity index is 919. The van der Waals surface area contributed by atoms with Gasteiger partial charge in [0, 0.05) is 46.5 Å². The van der Waals surface area contributed by atoms with Crippen LogP contribution in [0.25, 0.3) is 11.0 Å². The first kappa shape index (κ1) is 17.5. The van der Waals surface area contributed by atoms with Gasteiger partial charge in [-0.25, -0.2) is 9.97 Å². The van der Waals surface area contributed by atoms with Crippen molar-refractivity contribution in [2.45, 2.75) is 18.9 Å². The molecule has 0 amide bonds. The zero-order valence-corrected chi connectivity index (χ0v) is 16.1. The van der Waals surface area contributed by atoms with E-state index in [0.29, 0.717) is 6.04 Å². The van der Waals surface area contributed by atoms with Gasteiger partial charge in [-0.1, -0.05) is 12.1 Å². The molecule has 27 heavy (non-hydrogen) atoms. The van der Waals surface area contributed by atoms with Gasteiger partial charge in [0.1, 0.15) is 11.6 Å². The summed E-state index contributed by atoms with van der Waals surface area (Å²) in [6.45, 7) is 1.93. The Morgan fingerprint density at radius 1 is 0.926 bits per heavy atom. The van der Waals surface area contributed by atoms with Crippen LogP contribution in [0.4, 0.5) is 17.6 Å². The maximum Gasteiger partial charge on any atom is 0.226 e. The maximum atomic E-state index is 4.78. The van der Waals surface area contributed by atoms with Crippen molar-refractivity contribution in [3.8, 4) is 0 Å². The first-order chi connectivity index (χ1) is 13.1. The largest absolute Gasteiger partial charge is 0.356 e. The van der Waals surface area contributed by atoms with Crippen LogP contribution < -0.4 is 14.7 Å². The third-order valence-electron chi connectivity index (χ3n) is 5.16. The number of para-hydroxylation sites is 2. The highest BCUT2D eigenvalue weighted by Crippen LogP contribution is 2.24. The molecule has 7 nitrogen and oxygen atoms in total. The summed E-state index contributed by atoms with van der Waals surface area (Å²) < 4.78 is 0. The fourth-order valence-electron chi connectivity index (χ4n) is 3.52. The molecule has 0 radical (unpaired) electrons. The lowest BCUT2D eigenvalue weighted by molar-refractivity contribution is 0.478. The van der Waals surface area contributed by atoms with Gasteiger partial charge in [-0.05, 0) is 31.0 Å². The van der Waals surface area contributed by atoms with Crippen molar-refractivity contribution in [2.24, 2.45) is 0 Å². The average molecular weight is 363 g/mol. The fraction of sp³-hybridized carbons (Fsp3) is 0.400. The molecule has 4 rings (SSSR count). The third kappa shape index (κ3) is 3.63. The zero-order chi connectivity index (χ0) is 18.8. The Kier molecular flexibility index (Phi) is 4.75. The SMILES string of the molecule is CN(C)c1nccc(N(C)C2CCN(c3cnc4ccccc4n3)CC2)n1. The molecule has 0 saturated carbocycles. The molecule has 3 aromatic rings. The summed E-state index contributed by atoms with van der Waals surface area (Å²) >= 11 is 0. The summed E-state index contributed by atoms with van der Waals surface area (Å²) in [6.07, 6.45) is 5.84. The first-order valence-corrected chi connectivity index (χ1v) is 9.32. The van der Waals surface area contributed by atoms with E-state index in [-0.39, 0.29) is 0 Å². The molecule has 1 aromatic carbocycles. The second kappa shape index (κ2) is 7.34. The van der Waals surface area contributed by atoms with Crippen LogP contribution in [0.1, 0.15) is 12.8 Å². The van der Waals surface area contributed by atoms with Gasteiger partial charge >= 0.3 is 0 Å². The van der Waals surface area contributed by atoms with Crippen molar-refractivity contribution in [1.82, 2.24) is 19.9 Å². The third-order valence-corrected chi connectivity index (χ3v) is 5.16. The molecule has 1 aliphatic rings. The molecule has 0 N–H and O–H groups in total. The number of piperidine rings is 1. The van der Waals surface area contributed by atoms with Crippen molar-refractivity contribution < 1.29 is 0 Å². The lowest BCUT2D eigenvalue weighted by atomic mass is 10.0. The quantitative estimate of drug-likeness (QED) is 0.706. The highest BCUT2D eigenvalue weighted by molar-refractivity contribution is 5.75. The summed E-state index contributed by atoms with van der Waals surface area (Å²) in [5.74, 6) is 2.67. The zero-order valence-electron chi connectivity index (χ0n) is 16.1. The average Bonchev–Trinajstić information content (AvgIpc) is 2.73. The highest BCUT2D eigenvalue weighted by atomic mass is 15.3. The lowest BCUT2D eigenvalue weighted by Gasteiger charge is -2.37. The standard InChI is InChI=1S/C20H25N7/c1-25(2)20-21-11-8-18(24-20)26(3)15-9-12-27(13-10-15)19-14-22-16-6-4-5-7-17(16)23-19/h4-8,11,14-15H,9-10,12-13H2,1-3H3. The number of anilines is 3. The van der Waals surface area contributed by atoms with Gasteiger partial charge in [-0.15, -0.1) is 0 Å². The van der Waals surface area contributed by atoms with E-state index >= 15 is 0 Å². The number of aromatic nitrogens is 4. The number of rotatable bonds is 4. The van der Waals surface area contributed by atoms with E-state index in [1.807, 2.05) is 61.7 Å². The van der Waals surface area contributed by atoms with E-state index in [0.717, 1.165) is 54.5 Å². The Morgan fingerprint density at radius 3 is 2.41 bits per heavy atom. The predicted octanol–water partition coefficient (Wildman–Crippen LogP) is 2.59. The van der Waals surface area contributed by atoms with Crippen molar-refractivity contribution in [3.63, 3.8) is 0 Å². The van der Waals surface area contributed by atoms with Gasteiger partial charge in [-0.3, -0.25) is 4.98 Å². The Hall–Kier alpha value is -2.96. The van der Waals surface area contributed by atoms with Gasteiger partial charge < -0.3 is 14.7 Å². The monoisotopic (exact) mass is 363 g/mol. The van der Waals surface area contributed by atoms with Crippen LogP contribution in [0.15, 0.2) is 42.7 Å². The molecule has 1 fully saturated rings. The summed E-state index contributed by atoms with van der Waals surface area (Å²) in [6, 6.07) is 10.5. The summed E-state index contributed by atoms with van der Waals surface area (Å²) in [4.78, 5) is 24.8. The molecule has 0 unspecified atom stereocenters. The lowest BCUT2D eigenvalue weighted by Crippen LogP contribution is -2.44. The predicted molar refractivity (Wildman–Crippen MR) is 110 cm³/mol. The molecule has 0 spiro atoms. The number of benzene rings is 1. The van der Waals surface area contributed by atoms with Gasteiger partial charge in [0.15, 0.2) is 0 Å². The van der Waals surface area contributed by atoms with Crippen LogP contribution in [-0.4, -0.2) is 60.2 Å². The number of nitrogens with zero attached hydrogens (tertiary/aromatic N) is 7. The molecule has 1 saturated heterocycles. The second-order valence-electron chi connectivity index (χ2n) is 7.16. The summed E-state index contributed by atoms with van der Waals surface area (Å²) in [5.41, 5.74) is 1.89. The first-order valence-electron chi connectivity index (χ1n) is 9.32. The Labute approximate surface area is 159 Å². The minimum absolute atomic E-state index is 0.458. The van der Waals surface area contributed by atoms with E-state index in [4.69, 9.17) is 4.98 Å². The highest BCUT2D eigenvalue weighted by Gasteiger charge is 2.24. The van der Waals surface area contributed by atoms with Crippen LogP contribution >= 0.6 is 0 Å². The molecule has 3 heterocycles. The Balaban J connectivity index is 1.44. The number of hydrogen-bond donors (Lipinski definition) is 0. The molecule has 140 valence electrons. The molecule has 0 aliphatic carbocycles. The van der Waals surface area contributed by atoms with Gasteiger partial charge in [0.2, 0.25) is 5.95 Å². The molecule has 0 bridgehead atoms. The van der Waals surface area contributed by atoms with E-state index in [2.05, 4.69) is 31.8 Å². The van der Waals surface area contributed by atoms with Gasteiger partial charge in [0.05, 0.1) is 17.2 Å². The minimum Gasteiger partial charge on any atom is -0.356 e. The van der Waals surface area contributed by atoms with Crippen LogP contribution in [0.2, 0.25) is 0 Å². The van der Waals surface area contributed by atoms with Crippen LogP contribution in [-0.2, 0) is 0 Å². The van der Waals surface area contributed by atoms with Gasteiger partial charge in [-0.2, -0.15) is 4.98 Å². The van der Waals surface area contributed by atoms with E-state index in [9.17, 15) is 0 Å². The summed E-state index contributed by atoms with van der Waals surface area (Å²) in [7, 11) is 6.04. The van der Waals surface area contributed by atoms with Gasteiger partial charge in [0.25, 0.3) is 0 Å². The van der Waals surface area contributed by atoms with Crippen LogP contribution in [0, 0.1) is 0 Å². The molecule has 7 heteroatoms. The van der Waals surface area contributed by atoms with E-state index in [1.165, 1.54) is 0 Å². The maximum absolute atomic E-state index is 4.78. The van der Waals surface area contributed by atoms with Crippen LogP contribution in [0.5, 0.6) is 0 Å². The normalized spacial score (nSPS) is 15.1.